The molecule has 0 spiro atoms. The van der Waals surface area contributed by atoms with Gasteiger partial charge in [0.05, 0.1) is 0 Å². The predicted molar refractivity (Wildman–Crippen MR) is 61.6 cm³/mol. The molecule has 1 fully saturated rings. The van der Waals surface area contributed by atoms with E-state index in [-0.39, 0.29) is 0 Å². The Bertz CT molecular complexity index is 399. The van der Waals surface area contributed by atoms with Crippen LogP contribution < -0.4 is 14.8 Å². The molecule has 1 aliphatic carbocycles. The summed E-state index contributed by atoms with van der Waals surface area (Å²) < 4.78 is 10.6. The first-order valence-corrected chi connectivity index (χ1v) is 5.84. The molecule has 0 amide bonds. The lowest BCUT2D eigenvalue weighted by molar-refractivity contribution is 0.174. The quantitative estimate of drug-likeness (QED) is 0.843. The second kappa shape index (κ2) is 3.67. The zero-order valence-electron chi connectivity index (χ0n) is 9.58. The van der Waals surface area contributed by atoms with Gasteiger partial charge in [-0.3, -0.25) is 0 Å². The van der Waals surface area contributed by atoms with E-state index in [9.17, 15) is 0 Å². The summed E-state index contributed by atoms with van der Waals surface area (Å²) in [5, 5.41) is 3.50. The molecule has 0 bridgehead atoms. The second-order valence-corrected chi connectivity index (χ2v) is 5.10. The lowest BCUT2D eigenvalue weighted by Gasteiger charge is -2.10. The maximum atomic E-state index is 5.35. The fourth-order valence-corrected chi connectivity index (χ4v) is 1.95. The summed E-state index contributed by atoms with van der Waals surface area (Å²) >= 11 is 0. The van der Waals surface area contributed by atoms with E-state index in [1.165, 1.54) is 18.4 Å². The summed E-state index contributed by atoms with van der Waals surface area (Å²) in [5.41, 5.74) is 1.82. The Balaban J connectivity index is 1.58. The van der Waals surface area contributed by atoms with Gasteiger partial charge in [-0.05, 0) is 36.0 Å². The van der Waals surface area contributed by atoms with Gasteiger partial charge in [0.2, 0.25) is 6.79 Å². The summed E-state index contributed by atoms with van der Waals surface area (Å²) in [6.07, 6.45) is 2.72. The van der Waals surface area contributed by atoms with Gasteiger partial charge in [-0.2, -0.15) is 0 Å². The van der Waals surface area contributed by atoms with Crippen molar-refractivity contribution in [3.63, 3.8) is 0 Å². The van der Waals surface area contributed by atoms with Gasteiger partial charge in [0.15, 0.2) is 11.5 Å². The number of fused-ring (bicyclic) bond motifs is 1. The van der Waals surface area contributed by atoms with Crippen molar-refractivity contribution in [2.24, 2.45) is 5.41 Å². The van der Waals surface area contributed by atoms with Crippen LogP contribution >= 0.6 is 0 Å². The molecule has 1 heterocycles. The van der Waals surface area contributed by atoms with Crippen molar-refractivity contribution in [1.82, 2.24) is 5.32 Å². The molecule has 16 heavy (non-hydrogen) atoms. The van der Waals surface area contributed by atoms with E-state index < -0.39 is 0 Å². The minimum atomic E-state index is 0.351. The van der Waals surface area contributed by atoms with E-state index in [4.69, 9.17) is 9.47 Å². The molecule has 0 radical (unpaired) electrons. The Morgan fingerprint density at radius 3 is 2.88 bits per heavy atom. The van der Waals surface area contributed by atoms with Crippen LogP contribution in [0.4, 0.5) is 0 Å². The van der Waals surface area contributed by atoms with Crippen LogP contribution in [-0.4, -0.2) is 13.3 Å². The fourth-order valence-electron chi connectivity index (χ4n) is 1.95. The van der Waals surface area contributed by atoms with E-state index in [0.29, 0.717) is 12.2 Å². The molecule has 0 atom stereocenters. The van der Waals surface area contributed by atoms with Gasteiger partial charge in [0.1, 0.15) is 0 Å². The average molecular weight is 219 g/mol. The van der Waals surface area contributed by atoms with Crippen LogP contribution in [-0.2, 0) is 6.54 Å². The van der Waals surface area contributed by atoms with Gasteiger partial charge in [0, 0.05) is 13.1 Å². The van der Waals surface area contributed by atoms with E-state index in [0.717, 1.165) is 24.6 Å². The Hall–Kier alpha value is -1.22. The molecule has 3 heteroatoms. The molecule has 3 rings (SSSR count). The summed E-state index contributed by atoms with van der Waals surface area (Å²) in [6.45, 7) is 4.71. The van der Waals surface area contributed by atoms with Crippen LogP contribution in [0.5, 0.6) is 11.5 Å². The minimum Gasteiger partial charge on any atom is -0.454 e. The van der Waals surface area contributed by atoms with Crippen LogP contribution in [0, 0.1) is 5.41 Å². The van der Waals surface area contributed by atoms with Gasteiger partial charge in [-0.15, -0.1) is 0 Å². The van der Waals surface area contributed by atoms with Crippen LogP contribution in [0.3, 0.4) is 0 Å². The number of nitrogens with one attached hydrogen (secondary N) is 1. The normalized spacial score (nSPS) is 19.8. The van der Waals surface area contributed by atoms with Crippen molar-refractivity contribution >= 4 is 0 Å². The minimum absolute atomic E-state index is 0.351. The summed E-state index contributed by atoms with van der Waals surface area (Å²) in [5.74, 6) is 1.73. The molecule has 2 aliphatic rings. The number of hydrogen-bond acceptors (Lipinski definition) is 3. The van der Waals surface area contributed by atoms with Gasteiger partial charge in [-0.25, -0.2) is 0 Å². The smallest absolute Gasteiger partial charge is 0.231 e. The highest BCUT2D eigenvalue weighted by Gasteiger charge is 2.36. The molecule has 1 N–H and O–H groups in total. The topological polar surface area (TPSA) is 30.5 Å². The second-order valence-electron chi connectivity index (χ2n) is 5.10. The molecule has 86 valence electrons. The Kier molecular flexibility index (Phi) is 2.28. The largest absolute Gasteiger partial charge is 0.454 e. The molecule has 3 nitrogen and oxygen atoms in total. The molecular formula is C13H17NO2. The van der Waals surface area contributed by atoms with E-state index in [1.807, 2.05) is 6.07 Å². The highest BCUT2D eigenvalue weighted by molar-refractivity contribution is 5.44. The summed E-state index contributed by atoms with van der Waals surface area (Å²) in [6, 6.07) is 6.14. The van der Waals surface area contributed by atoms with Gasteiger partial charge in [-0.1, -0.05) is 13.0 Å². The average Bonchev–Trinajstić information content (AvgIpc) is 2.84. The molecule has 0 aromatic heterocycles. The number of rotatable bonds is 4. The number of benzene rings is 1. The SMILES string of the molecule is CC1(CNCc2ccc3c(c2)OCO3)CC1. The molecule has 1 aromatic carbocycles. The molecule has 1 aliphatic heterocycles. The van der Waals surface area contributed by atoms with E-state index in [1.54, 1.807) is 0 Å². The zero-order valence-corrected chi connectivity index (χ0v) is 9.58. The van der Waals surface area contributed by atoms with Gasteiger partial charge >= 0.3 is 0 Å². The van der Waals surface area contributed by atoms with Crippen LogP contribution in [0.2, 0.25) is 0 Å². The fraction of sp³-hybridized carbons (Fsp3) is 0.538. The van der Waals surface area contributed by atoms with Crippen LogP contribution in [0.1, 0.15) is 25.3 Å². The first-order valence-electron chi connectivity index (χ1n) is 5.84. The lowest BCUT2D eigenvalue weighted by Crippen LogP contribution is -2.21. The lowest BCUT2D eigenvalue weighted by atomic mass is 10.1. The molecule has 0 saturated heterocycles. The maximum absolute atomic E-state index is 5.35. The van der Waals surface area contributed by atoms with Gasteiger partial charge < -0.3 is 14.8 Å². The van der Waals surface area contributed by atoms with Crippen LogP contribution in [0.25, 0.3) is 0 Å². The highest BCUT2D eigenvalue weighted by Crippen LogP contribution is 2.44. The van der Waals surface area contributed by atoms with Crippen molar-refractivity contribution < 1.29 is 9.47 Å². The van der Waals surface area contributed by atoms with Crippen molar-refractivity contribution in [1.29, 1.82) is 0 Å². The Labute approximate surface area is 95.8 Å². The third-order valence-electron chi connectivity index (χ3n) is 3.42. The highest BCUT2D eigenvalue weighted by atomic mass is 16.7. The number of ether oxygens (including phenoxy) is 2. The first-order chi connectivity index (χ1) is 7.75. The molecule has 1 saturated carbocycles. The molecule has 1 aromatic rings. The first kappa shape index (κ1) is 9.97. The monoisotopic (exact) mass is 219 g/mol. The zero-order chi connectivity index (χ0) is 11.0. The third-order valence-corrected chi connectivity index (χ3v) is 3.42. The molecular weight excluding hydrogens is 202 g/mol. The van der Waals surface area contributed by atoms with Crippen molar-refractivity contribution in [2.75, 3.05) is 13.3 Å². The van der Waals surface area contributed by atoms with Gasteiger partial charge in [0.25, 0.3) is 0 Å². The Morgan fingerprint density at radius 1 is 1.25 bits per heavy atom. The standard InChI is InChI=1S/C13H17NO2/c1-13(4-5-13)8-14-7-10-2-3-11-12(6-10)16-9-15-11/h2-3,6,14H,4-5,7-9H2,1H3. The molecule has 0 unspecified atom stereocenters. The third kappa shape index (κ3) is 2.00. The van der Waals surface area contributed by atoms with Crippen LogP contribution in [0.15, 0.2) is 18.2 Å². The Morgan fingerprint density at radius 2 is 2.06 bits per heavy atom. The number of hydrogen-bond donors (Lipinski definition) is 1. The van der Waals surface area contributed by atoms with E-state index in [2.05, 4.69) is 24.4 Å². The maximum Gasteiger partial charge on any atom is 0.231 e. The van der Waals surface area contributed by atoms with E-state index >= 15 is 0 Å². The predicted octanol–water partition coefficient (Wildman–Crippen LogP) is 2.31. The van der Waals surface area contributed by atoms with Crippen molar-refractivity contribution in [3.8, 4) is 11.5 Å². The summed E-state index contributed by atoms with van der Waals surface area (Å²) in [4.78, 5) is 0. The van der Waals surface area contributed by atoms with Crippen molar-refractivity contribution in [2.45, 2.75) is 26.3 Å². The van der Waals surface area contributed by atoms with Crippen molar-refractivity contribution in [3.05, 3.63) is 23.8 Å². The summed E-state index contributed by atoms with van der Waals surface area (Å²) in [7, 11) is 0.